The van der Waals surface area contributed by atoms with Crippen molar-refractivity contribution < 1.29 is 14.6 Å². The second kappa shape index (κ2) is 6.04. The molecule has 0 radical (unpaired) electrons. The van der Waals surface area contributed by atoms with Crippen molar-refractivity contribution in [3.05, 3.63) is 29.8 Å². The number of benzene rings is 1. The minimum atomic E-state index is -0.132. The van der Waals surface area contributed by atoms with Gasteiger partial charge in [0.2, 0.25) is 5.91 Å². The van der Waals surface area contributed by atoms with E-state index in [2.05, 4.69) is 5.32 Å². The molecule has 0 saturated carbocycles. The lowest BCUT2D eigenvalue weighted by Gasteiger charge is -2.23. The van der Waals surface area contributed by atoms with Crippen molar-refractivity contribution in [3.63, 3.8) is 0 Å². The van der Waals surface area contributed by atoms with E-state index in [1.165, 1.54) is 0 Å². The molecule has 2 rings (SSSR count). The Balaban J connectivity index is 1.99. The highest BCUT2D eigenvalue weighted by Gasteiger charge is 2.34. The molecule has 1 fully saturated rings. The Hall–Kier alpha value is -1.59. The van der Waals surface area contributed by atoms with Crippen molar-refractivity contribution in [1.29, 1.82) is 0 Å². The molecular weight excluding hydrogens is 244 g/mol. The maximum Gasteiger partial charge on any atom is 0.229 e. The normalized spacial score (nSPS) is 22.4. The van der Waals surface area contributed by atoms with E-state index in [0.717, 1.165) is 5.56 Å². The van der Waals surface area contributed by atoms with Crippen molar-refractivity contribution in [1.82, 2.24) is 10.2 Å². The van der Waals surface area contributed by atoms with Gasteiger partial charge in [-0.1, -0.05) is 12.1 Å². The van der Waals surface area contributed by atoms with E-state index < -0.39 is 0 Å². The molecule has 2 N–H and O–H groups in total. The van der Waals surface area contributed by atoms with E-state index in [-0.39, 0.29) is 23.6 Å². The fraction of sp³-hybridized carbons (Fsp3) is 0.500. The Morgan fingerprint density at radius 2 is 2.32 bits per heavy atom. The monoisotopic (exact) mass is 264 g/mol. The largest absolute Gasteiger partial charge is 0.508 e. The highest BCUT2D eigenvalue weighted by Crippen LogP contribution is 2.18. The zero-order valence-electron chi connectivity index (χ0n) is 11.3. The molecule has 19 heavy (non-hydrogen) atoms. The van der Waals surface area contributed by atoms with Gasteiger partial charge >= 0.3 is 0 Å². The van der Waals surface area contributed by atoms with Crippen LogP contribution in [0.5, 0.6) is 5.75 Å². The van der Waals surface area contributed by atoms with Crippen molar-refractivity contribution in [2.24, 2.45) is 5.92 Å². The van der Waals surface area contributed by atoms with Crippen LogP contribution in [-0.4, -0.2) is 49.3 Å². The summed E-state index contributed by atoms with van der Waals surface area (Å²) < 4.78 is 5.35. The van der Waals surface area contributed by atoms with Crippen molar-refractivity contribution >= 4 is 5.91 Å². The Morgan fingerprint density at radius 3 is 3.00 bits per heavy atom. The summed E-state index contributed by atoms with van der Waals surface area (Å²) in [5.74, 6) is 0.156. The maximum atomic E-state index is 12.3. The van der Waals surface area contributed by atoms with Gasteiger partial charge in [0.05, 0.1) is 19.1 Å². The number of carbonyl (C=O) groups excluding carboxylic acids is 1. The van der Waals surface area contributed by atoms with Crippen LogP contribution in [0.15, 0.2) is 24.3 Å². The molecule has 0 bridgehead atoms. The van der Waals surface area contributed by atoms with Crippen molar-refractivity contribution in [3.8, 4) is 5.75 Å². The van der Waals surface area contributed by atoms with Gasteiger partial charge in [-0.3, -0.25) is 4.79 Å². The summed E-state index contributed by atoms with van der Waals surface area (Å²) in [6.45, 7) is 1.53. The van der Waals surface area contributed by atoms with Crippen LogP contribution in [0.1, 0.15) is 5.56 Å². The minimum Gasteiger partial charge on any atom is -0.508 e. The van der Waals surface area contributed by atoms with E-state index in [0.29, 0.717) is 19.8 Å². The summed E-state index contributed by atoms with van der Waals surface area (Å²) in [7, 11) is 3.62. The first-order valence-electron chi connectivity index (χ1n) is 6.39. The lowest BCUT2D eigenvalue weighted by Crippen LogP contribution is -2.43. The first-order chi connectivity index (χ1) is 9.11. The molecule has 1 saturated heterocycles. The number of aromatic hydroxyl groups is 1. The minimum absolute atomic E-state index is 0.0696. The third kappa shape index (κ3) is 3.24. The molecule has 2 unspecified atom stereocenters. The molecule has 1 amide bonds. The summed E-state index contributed by atoms with van der Waals surface area (Å²) in [6.07, 6.45) is 0. The maximum absolute atomic E-state index is 12.3. The highest BCUT2D eigenvalue weighted by molar-refractivity contribution is 5.79. The third-order valence-electron chi connectivity index (χ3n) is 3.48. The molecule has 1 aromatic rings. The number of hydrogen-bond donors (Lipinski definition) is 2. The van der Waals surface area contributed by atoms with Gasteiger partial charge in [-0.15, -0.1) is 0 Å². The topological polar surface area (TPSA) is 61.8 Å². The molecule has 5 nitrogen and oxygen atoms in total. The Morgan fingerprint density at radius 1 is 1.53 bits per heavy atom. The second-order valence-corrected chi connectivity index (χ2v) is 4.90. The van der Waals surface area contributed by atoms with E-state index in [4.69, 9.17) is 4.74 Å². The van der Waals surface area contributed by atoms with Crippen LogP contribution in [0.2, 0.25) is 0 Å². The molecule has 0 aromatic heterocycles. The van der Waals surface area contributed by atoms with E-state index in [9.17, 15) is 9.90 Å². The van der Waals surface area contributed by atoms with Gasteiger partial charge in [0.1, 0.15) is 5.75 Å². The van der Waals surface area contributed by atoms with Gasteiger partial charge in [-0.2, -0.15) is 0 Å². The van der Waals surface area contributed by atoms with Gasteiger partial charge in [-0.05, 0) is 24.7 Å². The van der Waals surface area contributed by atoms with Crippen LogP contribution in [-0.2, 0) is 16.1 Å². The van der Waals surface area contributed by atoms with Gasteiger partial charge in [0, 0.05) is 19.6 Å². The smallest absolute Gasteiger partial charge is 0.229 e. The van der Waals surface area contributed by atoms with Crippen LogP contribution in [0.3, 0.4) is 0 Å². The van der Waals surface area contributed by atoms with Crippen LogP contribution >= 0.6 is 0 Å². The summed E-state index contributed by atoms with van der Waals surface area (Å²) >= 11 is 0. The number of ether oxygens (including phenoxy) is 1. The number of hydrogen-bond acceptors (Lipinski definition) is 4. The highest BCUT2D eigenvalue weighted by atomic mass is 16.5. The predicted molar refractivity (Wildman–Crippen MR) is 71.7 cm³/mol. The van der Waals surface area contributed by atoms with Crippen LogP contribution in [0.25, 0.3) is 0 Å². The number of nitrogens with one attached hydrogen (secondary N) is 1. The Bertz CT molecular complexity index is 450. The van der Waals surface area contributed by atoms with Gasteiger partial charge in [0.15, 0.2) is 0 Å². The zero-order valence-corrected chi connectivity index (χ0v) is 11.3. The fourth-order valence-electron chi connectivity index (χ4n) is 2.37. The SMILES string of the molecule is CNC1COCC1C(=O)N(C)Cc1cccc(O)c1. The van der Waals surface area contributed by atoms with Crippen molar-refractivity contribution in [2.75, 3.05) is 27.3 Å². The van der Waals surface area contributed by atoms with Crippen LogP contribution in [0.4, 0.5) is 0 Å². The molecule has 1 heterocycles. The molecule has 1 aliphatic heterocycles. The average Bonchev–Trinajstić information content (AvgIpc) is 2.86. The lowest BCUT2D eigenvalue weighted by molar-refractivity contribution is -0.135. The zero-order chi connectivity index (χ0) is 13.8. The number of amides is 1. The quantitative estimate of drug-likeness (QED) is 0.835. The average molecular weight is 264 g/mol. The summed E-state index contributed by atoms with van der Waals surface area (Å²) in [4.78, 5) is 14.0. The summed E-state index contributed by atoms with van der Waals surface area (Å²) in [5.41, 5.74) is 0.913. The van der Waals surface area contributed by atoms with E-state index in [1.54, 1.807) is 30.1 Å². The van der Waals surface area contributed by atoms with Crippen molar-refractivity contribution in [2.45, 2.75) is 12.6 Å². The fourth-order valence-corrected chi connectivity index (χ4v) is 2.37. The number of phenolic OH excluding ortho intramolecular Hbond substituents is 1. The molecular formula is C14H20N2O3. The molecule has 1 aliphatic rings. The Kier molecular flexibility index (Phi) is 4.39. The van der Waals surface area contributed by atoms with E-state index >= 15 is 0 Å². The Labute approximate surface area is 113 Å². The molecule has 0 aliphatic carbocycles. The number of carbonyl (C=O) groups is 1. The van der Waals surface area contributed by atoms with Crippen LogP contribution in [0, 0.1) is 5.92 Å². The molecule has 2 atom stereocenters. The molecule has 5 heteroatoms. The summed E-state index contributed by atoms with van der Waals surface area (Å²) in [6, 6.07) is 7.04. The van der Waals surface area contributed by atoms with Crippen LogP contribution < -0.4 is 5.32 Å². The summed E-state index contributed by atoms with van der Waals surface area (Å²) in [5, 5.41) is 12.5. The first kappa shape index (κ1) is 13.8. The number of likely N-dealkylation sites (N-methyl/N-ethyl adjacent to an activating group) is 1. The predicted octanol–water partition coefficient (Wildman–Crippen LogP) is 0.585. The number of phenols is 1. The third-order valence-corrected chi connectivity index (χ3v) is 3.48. The number of nitrogens with zero attached hydrogens (tertiary/aromatic N) is 1. The van der Waals surface area contributed by atoms with Gasteiger partial charge in [-0.25, -0.2) is 0 Å². The molecule has 1 aromatic carbocycles. The van der Waals surface area contributed by atoms with Gasteiger partial charge < -0.3 is 20.1 Å². The van der Waals surface area contributed by atoms with E-state index in [1.807, 2.05) is 13.1 Å². The number of rotatable bonds is 4. The molecule has 0 spiro atoms. The standard InChI is InChI=1S/C14H20N2O3/c1-15-13-9-19-8-12(13)14(18)16(2)7-10-4-3-5-11(17)6-10/h3-6,12-13,15,17H,7-9H2,1-2H3. The van der Waals surface area contributed by atoms with Gasteiger partial charge in [0.25, 0.3) is 0 Å². The lowest BCUT2D eigenvalue weighted by atomic mass is 10.0. The first-order valence-corrected chi connectivity index (χ1v) is 6.39. The second-order valence-electron chi connectivity index (χ2n) is 4.90. The molecule has 104 valence electrons.